The molecule has 6 heteroatoms. The van der Waals surface area contributed by atoms with E-state index in [0.717, 1.165) is 24.4 Å². The van der Waals surface area contributed by atoms with E-state index in [0.29, 0.717) is 18.8 Å². The van der Waals surface area contributed by atoms with Crippen LogP contribution in [-0.4, -0.2) is 32.0 Å². The Kier molecular flexibility index (Phi) is 4.55. The van der Waals surface area contributed by atoms with E-state index >= 15 is 0 Å². The van der Waals surface area contributed by atoms with Crippen molar-refractivity contribution in [1.82, 2.24) is 24.9 Å². The molecule has 0 aromatic carbocycles. The monoisotopic (exact) mass is 275 g/mol. The van der Waals surface area contributed by atoms with Gasteiger partial charge >= 0.3 is 0 Å². The summed E-state index contributed by atoms with van der Waals surface area (Å²) < 4.78 is 3.64. The van der Waals surface area contributed by atoms with E-state index in [2.05, 4.69) is 22.4 Å². The van der Waals surface area contributed by atoms with E-state index in [1.807, 2.05) is 24.6 Å². The molecule has 1 amide bonds. The zero-order valence-corrected chi connectivity index (χ0v) is 12.3. The zero-order chi connectivity index (χ0) is 14.5. The van der Waals surface area contributed by atoms with Gasteiger partial charge in [0.05, 0.1) is 12.2 Å². The van der Waals surface area contributed by atoms with Gasteiger partial charge in [-0.2, -0.15) is 10.2 Å². The lowest BCUT2D eigenvalue weighted by atomic mass is 10.3. The number of rotatable bonds is 6. The maximum Gasteiger partial charge on any atom is 0.269 e. The Morgan fingerprint density at radius 2 is 2.10 bits per heavy atom. The molecule has 2 aromatic rings. The molecule has 1 N–H and O–H groups in total. The summed E-state index contributed by atoms with van der Waals surface area (Å²) in [6, 6.07) is 3.77. The second-order valence-electron chi connectivity index (χ2n) is 4.85. The van der Waals surface area contributed by atoms with Gasteiger partial charge in [-0.15, -0.1) is 0 Å². The highest BCUT2D eigenvalue weighted by Crippen LogP contribution is 2.02. The van der Waals surface area contributed by atoms with Crippen LogP contribution in [0.25, 0.3) is 0 Å². The zero-order valence-electron chi connectivity index (χ0n) is 12.3. The number of carbonyl (C=O) groups excluding carboxylic acids is 1. The molecule has 0 aliphatic heterocycles. The van der Waals surface area contributed by atoms with Crippen LogP contribution < -0.4 is 5.32 Å². The molecule has 0 bridgehead atoms. The maximum absolute atomic E-state index is 12.1. The molecule has 0 unspecified atom stereocenters. The van der Waals surface area contributed by atoms with Crippen molar-refractivity contribution in [3.05, 3.63) is 35.4 Å². The van der Waals surface area contributed by atoms with Crippen molar-refractivity contribution in [3.63, 3.8) is 0 Å². The van der Waals surface area contributed by atoms with Crippen LogP contribution >= 0.6 is 0 Å². The Hall–Kier alpha value is -2.11. The smallest absolute Gasteiger partial charge is 0.269 e. The van der Waals surface area contributed by atoms with Gasteiger partial charge in [-0.3, -0.25) is 14.2 Å². The Morgan fingerprint density at radius 1 is 1.30 bits per heavy atom. The Morgan fingerprint density at radius 3 is 2.75 bits per heavy atom. The van der Waals surface area contributed by atoms with E-state index in [-0.39, 0.29) is 5.91 Å². The van der Waals surface area contributed by atoms with Crippen LogP contribution in [0, 0.1) is 13.8 Å². The topological polar surface area (TPSA) is 64.7 Å². The fraction of sp³-hybridized carbons (Fsp3) is 0.500. The van der Waals surface area contributed by atoms with Crippen molar-refractivity contribution in [2.24, 2.45) is 0 Å². The molecule has 0 aliphatic rings. The molecular weight excluding hydrogens is 254 g/mol. The number of nitrogens with one attached hydrogen (secondary N) is 1. The molecule has 108 valence electrons. The summed E-state index contributed by atoms with van der Waals surface area (Å²) in [5, 5.41) is 11.4. The molecule has 2 heterocycles. The van der Waals surface area contributed by atoms with Crippen molar-refractivity contribution >= 4 is 5.91 Å². The van der Waals surface area contributed by atoms with Crippen molar-refractivity contribution in [3.8, 4) is 0 Å². The fourth-order valence-electron chi connectivity index (χ4n) is 2.18. The SMILES string of the molecule is CCCn1nccc1C(=O)NCCn1nc(C)cc1C. The standard InChI is InChI=1S/C14H21N5O/c1-4-8-19-13(5-6-16-19)14(20)15-7-9-18-12(3)10-11(2)17-18/h5-6,10H,4,7-9H2,1-3H3,(H,15,20). The van der Waals surface area contributed by atoms with Crippen LogP contribution in [0.3, 0.4) is 0 Å². The summed E-state index contributed by atoms with van der Waals surface area (Å²) in [5.74, 6) is -0.0857. The lowest BCUT2D eigenvalue weighted by Gasteiger charge is -2.08. The molecule has 2 aromatic heterocycles. The molecule has 2 rings (SSSR count). The van der Waals surface area contributed by atoms with E-state index in [1.165, 1.54) is 0 Å². The summed E-state index contributed by atoms with van der Waals surface area (Å²) in [5.41, 5.74) is 2.71. The van der Waals surface area contributed by atoms with Gasteiger partial charge in [0.2, 0.25) is 0 Å². The largest absolute Gasteiger partial charge is 0.349 e. The first-order valence-corrected chi connectivity index (χ1v) is 6.93. The third-order valence-corrected chi connectivity index (χ3v) is 3.10. The Balaban J connectivity index is 1.89. The van der Waals surface area contributed by atoms with Gasteiger partial charge in [0, 0.05) is 25.0 Å². The van der Waals surface area contributed by atoms with Gasteiger partial charge in [-0.05, 0) is 32.4 Å². The molecule has 0 saturated carbocycles. The first-order valence-electron chi connectivity index (χ1n) is 6.93. The predicted molar refractivity (Wildman–Crippen MR) is 76.6 cm³/mol. The van der Waals surface area contributed by atoms with Gasteiger partial charge < -0.3 is 5.32 Å². The predicted octanol–water partition coefficient (Wildman–Crippen LogP) is 1.54. The third-order valence-electron chi connectivity index (χ3n) is 3.10. The maximum atomic E-state index is 12.1. The molecule has 0 fully saturated rings. The molecular formula is C14H21N5O. The first-order chi connectivity index (χ1) is 9.61. The summed E-state index contributed by atoms with van der Waals surface area (Å²) in [6.07, 6.45) is 2.61. The molecule has 0 aliphatic carbocycles. The van der Waals surface area contributed by atoms with E-state index in [1.54, 1.807) is 16.9 Å². The van der Waals surface area contributed by atoms with Crippen LogP contribution in [0.4, 0.5) is 0 Å². The number of amides is 1. The minimum Gasteiger partial charge on any atom is -0.349 e. The quantitative estimate of drug-likeness (QED) is 0.869. The normalized spacial score (nSPS) is 10.8. The highest BCUT2D eigenvalue weighted by Gasteiger charge is 2.11. The fourth-order valence-corrected chi connectivity index (χ4v) is 2.18. The van der Waals surface area contributed by atoms with Crippen molar-refractivity contribution < 1.29 is 4.79 Å². The van der Waals surface area contributed by atoms with Gasteiger partial charge in [0.25, 0.3) is 5.91 Å². The lowest BCUT2D eigenvalue weighted by Crippen LogP contribution is -2.29. The van der Waals surface area contributed by atoms with Crippen LogP contribution in [0.15, 0.2) is 18.3 Å². The number of nitrogens with zero attached hydrogens (tertiary/aromatic N) is 4. The Bertz CT molecular complexity index is 584. The second-order valence-corrected chi connectivity index (χ2v) is 4.85. The molecule has 0 radical (unpaired) electrons. The van der Waals surface area contributed by atoms with E-state index in [4.69, 9.17) is 0 Å². The minimum atomic E-state index is -0.0857. The van der Waals surface area contributed by atoms with E-state index < -0.39 is 0 Å². The lowest BCUT2D eigenvalue weighted by molar-refractivity contribution is 0.0941. The summed E-state index contributed by atoms with van der Waals surface area (Å²) in [4.78, 5) is 12.1. The van der Waals surface area contributed by atoms with Gasteiger partial charge in [-0.1, -0.05) is 6.92 Å². The van der Waals surface area contributed by atoms with Crippen molar-refractivity contribution in [1.29, 1.82) is 0 Å². The van der Waals surface area contributed by atoms with Crippen LogP contribution in [-0.2, 0) is 13.1 Å². The summed E-state index contributed by atoms with van der Waals surface area (Å²) in [6.45, 7) is 8.02. The average molecular weight is 275 g/mol. The minimum absolute atomic E-state index is 0.0857. The number of hydrogen-bond donors (Lipinski definition) is 1. The molecule has 6 nitrogen and oxygen atoms in total. The van der Waals surface area contributed by atoms with Gasteiger partial charge in [-0.25, -0.2) is 0 Å². The molecule has 0 saturated heterocycles. The molecule has 20 heavy (non-hydrogen) atoms. The summed E-state index contributed by atoms with van der Waals surface area (Å²) >= 11 is 0. The number of aromatic nitrogens is 4. The highest BCUT2D eigenvalue weighted by atomic mass is 16.2. The summed E-state index contributed by atoms with van der Waals surface area (Å²) in [7, 11) is 0. The van der Waals surface area contributed by atoms with Crippen LogP contribution in [0.5, 0.6) is 0 Å². The number of aryl methyl sites for hydroxylation is 3. The molecule has 0 spiro atoms. The van der Waals surface area contributed by atoms with Crippen molar-refractivity contribution in [2.45, 2.75) is 40.3 Å². The second kappa shape index (κ2) is 6.36. The molecule has 0 atom stereocenters. The average Bonchev–Trinajstić information content (AvgIpc) is 2.97. The number of carbonyl (C=O) groups is 1. The highest BCUT2D eigenvalue weighted by molar-refractivity contribution is 5.92. The third kappa shape index (κ3) is 3.26. The van der Waals surface area contributed by atoms with Crippen molar-refractivity contribution in [2.75, 3.05) is 6.54 Å². The first kappa shape index (κ1) is 14.3. The number of hydrogen-bond acceptors (Lipinski definition) is 3. The van der Waals surface area contributed by atoms with E-state index in [9.17, 15) is 4.79 Å². The van der Waals surface area contributed by atoms with Crippen LogP contribution in [0.2, 0.25) is 0 Å². The van der Waals surface area contributed by atoms with Crippen LogP contribution in [0.1, 0.15) is 35.2 Å². The Labute approximate surface area is 118 Å². The van der Waals surface area contributed by atoms with Gasteiger partial charge in [0.15, 0.2) is 0 Å². The van der Waals surface area contributed by atoms with Gasteiger partial charge in [0.1, 0.15) is 5.69 Å².